The van der Waals surface area contributed by atoms with Crippen LogP contribution in [0.3, 0.4) is 0 Å². The van der Waals surface area contributed by atoms with E-state index < -0.39 is 0 Å². The van der Waals surface area contributed by atoms with Gasteiger partial charge in [0.15, 0.2) is 0 Å². The number of thioether (sulfide) groups is 1. The first-order chi connectivity index (χ1) is 9.96. The van der Waals surface area contributed by atoms with Gasteiger partial charge in [-0.3, -0.25) is 0 Å². The molecule has 118 valence electrons. The fraction of sp³-hybridized carbons (Fsp3) is 0.562. The molecule has 1 rings (SSSR count). The topological polar surface area (TPSA) is 61.4 Å². The molecule has 21 heavy (non-hydrogen) atoms. The molecule has 0 aromatic heterocycles. The van der Waals surface area contributed by atoms with Gasteiger partial charge in [-0.25, -0.2) is 4.79 Å². The number of rotatable bonds is 8. The van der Waals surface area contributed by atoms with Crippen LogP contribution in [-0.4, -0.2) is 30.5 Å². The Hall–Kier alpha value is -1.20. The van der Waals surface area contributed by atoms with Gasteiger partial charge in [-0.2, -0.15) is 0 Å². The van der Waals surface area contributed by atoms with Crippen molar-refractivity contribution in [2.75, 3.05) is 19.4 Å². The van der Waals surface area contributed by atoms with Crippen molar-refractivity contribution in [3.63, 3.8) is 0 Å². The van der Waals surface area contributed by atoms with Crippen LogP contribution in [0.4, 0.5) is 4.79 Å². The van der Waals surface area contributed by atoms with E-state index >= 15 is 0 Å². The van der Waals surface area contributed by atoms with Crippen LogP contribution in [0.15, 0.2) is 29.2 Å². The van der Waals surface area contributed by atoms with Crippen molar-refractivity contribution in [3.05, 3.63) is 29.8 Å². The molecule has 4 nitrogen and oxygen atoms in total. The van der Waals surface area contributed by atoms with Gasteiger partial charge in [0.05, 0.1) is 0 Å². The van der Waals surface area contributed by atoms with E-state index in [0.717, 1.165) is 18.4 Å². The second-order valence-electron chi connectivity index (χ2n) is 5.88. The third kappa shape index (κ3) is 7.39. The van der Waals surface area contributed by atoms with Gasteiger partial charge < -0.3 is 15.7 Å². The zero-order chi connectivity index (χ0) is 15.7. The van der Waals surface area contributed by atoms with Gasteiger partial charge in [-0.15, -0.1) is 11.8 Å². The average Bonchev–Trinajstić information content (AvgIpc) is 2.50. The molecule has 5 heteroatoms. The summed E-state index contributed by atoms with van der Waals surface area (Å²) in [6.45, 7) is 5.37. The van der Waals surface area contributed by atoms with E-state index in [1.54, 1.807) is 11.8 Å². The Labute approximate surface area is 131 Å². The molecule has 0 radical (unpaired) electrons. The zero-order valence-corrected chi connectivity index (χ0v) is 13.9. The van der Waals surface area contributed by atoms with Gasteiger partial charge in [-0.1, -0.05) is 26.0 Å². The summed E-state index contributed by atoms with van der Waals surface area (Å²) in [5.74, 6) is 0. The highest BCUT2D eigenvalue weighted by molar-refractivity contribution is 7.98. The van der Waals surface area contributed by atoms with E-state index in [9.17, 15) is 4.79 Å². The Morgan fingerprint density at radius 3 is 2.48 bits per heavy atom. The minimum atomic E-state index is -0.147. The third-order valence-electron chi connectivity index (χ3n) is 3.36. The molecule has 0 fully saturated rings. The maximum absolute atomic E-state index is 11.7. The third-order valence-corrected chi connectivity index (χ3v) is 4.10. The number of hydrogen-bond donors (Lipinski definition) is 3. The molecule has 0 aliphatic heterocycles. The van der Waals surface area contributed by atoms with E-state index in [1.165, 1.54) is 4.90 Å². The van der Waals surface area contributed by atoms with Crippen LogP contribution in [-0.2, 0) is 6.54 Å². The van der Waals surface area contributed by atoms with E-state index in [1.807, 2.05) is 32.2 Å². The van der Waals surface area contributed by atoms with E-state index in [2.05, 4.69) is 22.8 Å². The van der Waals surface area contributed by atoms with Crippen molar-refractivity contribution >= 4 is 17.8 Å². The summed E-state index contributed by atoms with van der Waals surface area (Å²) in [7, 11) is 0. The average molecular weight is 310 g/mol. The van der Waals surface area contributed by atoms with Crippen molar-refractivity contribution in [3.8, 4) is 0 Å². The number of carbonyl (C=O) groups is 1. The molecule has 1 aromatic carbocycles. The van der Waals surface area contributed by atoms with E-state index in [-0.39, 0.29) is 18.1 Å². The molecule has 1 aromatic rings. The Balaban J connectivity index is 2.19. The minimum absolute atomic E-state index is 0.0722. The summed E-state index contributed by atoms with van der Waals surface area (Å²) < 4.78 is 0. The Kier molecular flexibility index (Phi) is 7.61. The van der Waals surface area contributed by atoms with Gasteiger partial charge in [0, 0.05) is 24.6 Å². The lowest BCUT2D eigenvalue weighted by Gasteiger charge is -2.21. The minimum Gasteiger partial charge on any atom is -0.396 e. The highest BCUT2D eigenvalue weighted by Crippen LogP contribution is 2.20. The lowest BCUT2D eigenvalue weighted by Crippen LogP contribution is -2.36. The second-order valence-corrected chi connectivity index (χ2v) is 6.76. The standard InChI is InChI=1S/C16H26N2O2S/c1-16(2,12-19)9-4-10-17-15(20)18-11-13-5-7-14(21-3)8-6-13/h5-8,19H,4,9-12H2,1-3H3,(H2,17,18,20). The number of amides is 2. The number of hydrogen-bond acceptors (Lipinski definition) is 3. The van der Waals surface area contributed by atoms with Crippen LogP contribution in [0, 0.1) is 5.41 Å². The zero-order valence-electron chi connectivity index (χ0n) is 13.1. The monoisotopic (exact) mass is 310 g/mol. The summed E-state index contributed by atoms with van der Waals surface area (Å²) >= 11 is 1.70. The maximum Gasteiger partial charge on any atom is 0.315 e. The van der Waals surface area contributed by atoms with Crippen molar-refractivity contribution in [1.29, 1.82) is 0 Å². The Morgan fingerprint density at radius 1 is 1.24 bits per heavy atom. The summed E-state index contributed by atoms with van der Waals surface area (Å²) in [5.41, 5.74) is 1.02. The number of carbonyl (C=O) groups excluding carboxylic acids is 1. The molecule has 0 unspecified atom stereocenters. The van der Waals surface area contributed by atoms with Crippen LogP contribution >= 0.6 is 11.8 Å². The molecular formula is C16H26N2O2S. The van der Waals surface area contributed by atoms with Gasteiger partial charge in [-0.05, 0) is 42.2 Å². The first-order valence-electron chi connectivity index (χ1n) is 7.22. The molecule has 0 spiro atoms. The number of benzene rings is 1. The summed E-state index contributed by atoms with van der Waals surface area (Å²) in [5, 5.41) is 14.8. The van der Waals surface area contributed by atoms with Crippen LogP contribution < -0.4 is 10.6 Å². The predicted octanol–water partition coefficient (Wildman–Crippen LogP) is 3.01. The molecule has 0 heterocycles. The van der Waals surface area contributed by atoms with Gasteiger partial charge in [0.2, 0.25) is 0 Å². The predicted molar refractivity (Wildman–Crippen MR) is 88.6 cm³/mol. The highest BCUT2D eigenvalue weighted by atomic mass is 32.2. The number of urea groups is 1. The summed E-state index contributed by atoms with van der Waals surface area (Å²) in [6, 6.07) is 8.00. The number of aliphatic hydroxyl groups is 1. The van der Waals surface area contributed by atoms with Crippen molar-refractivity contribution in [1.82, 2.24) is 10.6 Å². The molecule has 0 saturated heterocycles. The molecule has 3 N–H and O–H groups in total. The first-order valence-corrected chi connectivity index (χ1v) is 8.45. The van der Waals surface area contributed by atoms with Gasteiger partial charge in [0.1, 0.15) is 0 Å². The molecule has 0 bridgehead atoms. The van der Waals surface area contributed by atoms with E-state index in [0.29, 0.717) is 13.1 Å². The SMILES string of the molecule is CSc1ccc(CNC(=O)NCCCC(C)(C)CO)cc1. The fourth-order valence-corrected chi connectivity index (χ4v) is 2.24. The fourth-order valence-electron chi connectivity index (χ4n) is 1.84. The molecule has 2 amide bonds. The number of nitrogens with one attached hydrogen (secondary N) is 2. The maximum atomic E-state index is 11.7. The normalized spacial score (nSPS) is 11.2. The smallest absolute Gasteiger partial charge is 0.315 e. The quantitative estimate of drug-likeness (QED) is 0.511. The lowest BCUT2D eigenvalue weighted by atomic mass is 9.89. The second kappa shape index (κ2) is 8.95. The molecular weight excluding hydrogens is 284 g/mol. The number of aliphatic hydroxyl groups excluding tert-OH is 1. The van der Waals surface area contributed by atoms with Crippen LogP contribution in [0.2, 0.25) is 0 Å². The Bertz CT molecular complexity index is 432. The van der Waals surface area contributed by atoms with Crippen LogP contribution in [0.25, 0.3) is 0 Å². The van der Waals surface area contributed by atoms with Crippen molar-refractivity contribution < 1.29 is 9.90 Å². The van der Waals surface area contributed by atoms with Crippen molar-refractivity contribution in [2.24, 2.45) is 5.41 Å². The Morgan fingerprint density at radius 2 is 1.90 bits per heavy atom. The largest absolute Gasteiger partial charge is 0.396 e. The van der Waals surface area contributed by atoms with Crippen molar-refractivity contribution in [2.45, 2.75) is 38.1 Å². The molecule has 0 aliphatic rings. The molecule has 0 aliphatic carbocycles. The van der Waals surface area contributed by atoms with Gasteiger partial charge in [0.25, 0.3) is 0 Å². The highest BCUT2D eigenvalue weighted by Gasteiger charge is 2.15. The first kappa shape index (κ1) is 17.9. The van der Waals surface area contributed by atoms with Gasteiger partial charge >= 0.3 is 6.03 Å². The van der Waals surface area contributed by atoms with Crippen LogP contribution in [0.5, 0.6) is 0 Å². The summed E-state index contributed by atoms with van der Waals surface area (Å²) in [6.07, 6.45) is 3.79. The van der Waals surface area contributed by atoms with E-state index in [4.69, 9.17) is 5.11 Å². The summed E-state index contributed by atoms with van der Waals surface area (Å²) in [4.78, 5) is 12.9. The molecule has 0 saturated carbocycles. The molecule has 0 atom stereocenters. The van der Waals surface area contributed by atoms with Crippen LogP contribution in [0.1, 0.15) is 32.3 Å². The lowest BCUT2D eigenvalue weighted by molar-refractivity contribution is 0.148.